The molecule has 5 rings (SSSR count). The summed E-state index contributed by atoms with van der Waals surface area (Å²) in [5.41, 5.74) is 12.5. The molecule has 0 saturated carbocycles. The van der Waals surface area contributed by atoms with Gasteiger partial charge in [-0.05, 0) is 49.2 Å². The van der Waals surface area contributed by atoms with Gasteiger partial charge in [0.25, 0.3) is 0 Å². The van der Waals surface area contributed by atoms with Crippen molar-refractivity contribution >= 4 is 17.9 Å². The molecular formula is C20H22N4S. The molecule has 3 aliphatic rings. The van der Waals surface area contributed by atoms with Crippen molar-refractivity contribution in [1.29, 1.82) is 0 Å². The molecule has 3 heterocycles. The van der Waals surface area contributed by atoms with Crippen molar-refractivity contribution in [2.75, 3.05) is 18.8 Å². The summed E-state index contributed by atoms with van der Waals surface area (Å²) in [5.74, 6) is 0.441. The summed E-state index contributed by atoms with van der Waals surface area (Å²) in [5, 5.41) is 0. The van der Waals surface area contributed by atoms with Crippen molar-refractivity contribution in [2.24, 2.45) is 0 Å². The lowest BCUT2D eigenvalue weighted by atomic mass is 9.60. The molecule has 2 fully saturated rings. The smallest absolute Gasteiger partial charge is 0.196 e. The first kappa shape index (κ1) is 15.3. The van der Waals surface area contributed by atoms with E-state index < -0.39 is 0 Å². The highest BCUT2D eigenvalue weighted by molar-refractivity contribution is 7.71. The van der Waals surface area contributed by atoms with E-state index in [1.165, 1.54) is 22.4 Å². The Bertz CT molecular complexity index is 947. The van der Waals surface area contributed by atoms with E-state index in [4.69, 9.17) is 18.0 Å². The fraction of sp³-hybridized carbons (Fsp3) is 0.400. The van der Waals surface area contributed by atoms with Gasteiger partial charge in [-0.3, -0.25) is 4.90 Å². The zero-order chi connectivity index (χ0) is 17.2. The Kier molecular flexibility index (Phi) is 3.21. The molecule has 4 nitrogen and oxygen atoms in total. The molecule has 3 N–H and O–H groups in total. The molecule has 2 aliphatic heterocycles. The predicted molar refractivity (Wildman–Crippen MR) is 102 cm³/mol. The molecule has 5 heteroatoms. The fourth-order valence-corrected chi connectivity index (χ4v) is 5.67. The third-order valence-electron chi connectivity index (χ3n) is 6.57. The topological polar surface area (TPSA) is 57.9 Å². The van der Waals surface area contributed by atoms with Crippen LogP contribution >= 0.6 is 12.2 Å². The van der Waals surface area contributed by atoms with Crippen LogP contribution in [0.3, 0.4) is 0 Å². The number of nitrogens with one attached hydrogen (secondary N) is 1. The number of piperidine rings is 1. The number of nitrogens with zero attached hydrogens (tertiary/aromatic N) is 2. The number of anilines is 1. The number of benzene rings is 1. The van der Waals surface area contributed by atoms with Gasteiger partial charge in [0.15, 0.2) is 4.77 Å². The van der Waals surface area contributed by atoms with Crippen LogP contribution in [0.15, 0.2) is 42.1 Å². The van der Waals surface area contributed by atoms with Crippen LogP contribution in [0.4, 0.5) is 5.69 Å². The number of nitrogen functional groups attached to an aromatic ring is 1. The van der Waals surface area contributed by atoms with E-state index in [2.05, 4.69) is 40.0 Å². The van der Waals surface area contributed by atoms with Crippen LogP contribution in [0, 0.1) is 4.77 Å². The molecule has 25 heavy (non-hydrogen) atoms. The Labute approximate surface area is 152 Å². The maximum absolute atomic E-state index is 6.46. The molecule has 2 bridgehead atoms. The molecule has 2 saturated heterocycles. The highest BCUT2D eigenvalue weighted by Crippen LogP contribution is 2.58. The van der Waals surface area contributed by atoms with Crippen LogP contribution < -0.4 is 5.73 Å². The minimum atomic E-state index is -0.104. The van der Waals surface area contributed by atoms with Gasteiger partial charge in [0, 0.05) is 42.6 Å². The average Bonchev–Trinajstić information content (AvgIpc) is 3.03. The van der Waals surface area contributed by atoms with Gasteiger partial charge in [-0.2, -0.15) is 0 Å². The van der Waals surface area contributed by atoms with Gasteiger partial charge in [-0.15, -0.1) is 0 Å². The minimum Gasteiger partial charge on any atom is -0.398 e. The van der Waals surface area contributed by atoms with Crippen LogP contribution in [0.1, 0.15) is 42.5 Å². The SMILES string of the molecule is C/C=C1/CN2CC[C@]3(c4ccccc4N)c4[nH]c(=S)ncc4[C@H]1C[C@@H]23. The van der Waals surface area contributed by atoms with Gasteiger partial charge in [0.2, 0.25) is 0 Å². The molecule has 3 atom stereocenters. The molecule has 0 spiro atoms. The molecule has 2 aromatic rings. The maximum atomic E-state index is 6.46. The zero-order valence-electron chi connectivity index (χ0n) is 14.3. The van der Waals surface area contributed by atoms with Crippen molar-refractivity contribution in [3.8, 4) is 0 Å². The maximum Gasteiger partial charge on any atom is 0.196 e. The number of para-hydroxylation sites is 1. The third kappa shape index (κ3) is 1.91. The molecule has 128 valence electrons. The normalized spacial score (nSPS) is 32.0. The van der Waals surface area contributed by atoms with Gasteiger partial charge in [0.05, 0.1) is 5.41 Å². The Hall–Kier alpha value is -1.98. The first-order valence-corrected chi connectivity index (χ1v) is 9.40. The number of aromatic nitrogens is 2. The molecular weight excluding hydrogens is 328 g/mol. The molecule has 1 aromatic carbocycles. The summed E-state index contributed by atoms with van der Waals surface area (Å²) < 4.78 is 0.563. The van der Waals surface area contributed by atoms with E-state index in [9.17, 15) is 0 Å². The van der Waals surface area contributed by atoms with Crippen molar-refractivity contribution in [3.63, 3.8) is 0 Å². The summed E-state index contributed by atoms with van der Waals surface area (Å²) in [4.78, 5) is 10.6. The van der Waals surface area contributed by atoms with Gasteiger partial charge in [-0.25, -0.2) is 4.98 Å². The van der Waals surface area contributed by atoms with Crippen molar-refractivity contribution in [3.05, 3.63) is 63.7 Å². The van der Waals surface area contributed by atoms with Gasteiger partial charge < -0.3 is 10.7 Å². The number of fused-ring (bicyclic) bond motifs is 4. The van der Waals surface area contributed by atoms with E-state index in [0.717, 1.165) is 31.6 Å². The standard InChI is InChI=1S/C20H22N4S/c1-2-12-11-24-8-7-20(15-5-3-4-6-16(15)21)17(24)9-13(12)14-10-22-19(25)23-18(14)20/h2-6,10,13,17H,7-9,11,21H2,1H3,(H,22,23,25)/b12-2-/t13-,17+,20+/m0/s1. The number of nitrogens with two attached hydrogens (primary N) is 1. The number of aromatic amines is 1. The Balaban J connectivity index is 1.86. The van der Waals surface area contributed by atoms with Crippen LogP contribution in [-0.2, 0) is 5.41 Å². The number of H-pyrrole nitrogens is 1. The van der Waals surface area contributed by atoms with Crippen LogP contribution in [0.25, 0.3) is 0 Å². The molecule has 0 amide bonds. The van der Waals surface area contributed by atoms with Gasteiger partial charge >= 0.3 is 0 Å². The second-order valence-corrected chi connectivity index (χ2v) is 7.85. The van der Waals surface area contributed by atoms with E-state index in [1.807, 2.05) is 18.3 Å². The second kappa shape index (κ2) is 5.26. The lowest BCUT2D eigenvalue weighted by Gasteiger charge is -2.50. The average molecular weight is 350 g/mol. The van der Waals surface area contributed by atoms with E-state index >= 15 is 0 Å². The number of allylic oxidation sites excluding steroid dienone is 1. The van der Waals surface area contributed by atoms with E-state index in [0.29, 0.717) is 16.7 Å². The Morgan fingerprint density at radius 1 is 1.40 bits per heavy atom. The van der Waals surface area contributed by atoms with Crippen LogP contribution in [0.5, 0.6) is 0 Å². The highest BCUT2D eigenvalue weighted by atomic mass is 32.1. The first-order valence-electron chi connectivity index (χ1n) is 8.99. The van der Waals surface area contributed by atoms with Gasteiger partial charge in [0.1, 0.15) is 0 Å². The Morgan fingerprint density at radius 2 is 2.24 bits per heavy atom. The van der Waals surface area contributed by atoms with Crippen LogP contribution in [0.2, 0.25) is 0 Å². The quantitative estimate of drug-likeness (QED) is 0.469. The summed E-state index contributed by atoms with van der Waals surface area (Å²) in [7, 11) is 0. The first-order chi connectivity index (χ1) is 12.1. The summed E-state index contributed by atoms with van der Waals surface area (Å²) in [6, 6.07) is 8.80. The third-order valence-corrected chi connectivity index (χ3v) is 6.78. The summed E-state index contributed by atoms with van der Waals surface area (Å²) >= 11 is 5.41. The number of rotatable bonds is 1. The minimum absolute atomic E-state index is 0.104. The van der Waals surface area contributed by atoms with Gasteiger partial charge in [-0.1, -0.05) is 29.8 Å². The van der Waals surface area contributed by atoms with E-state index in [1.54, 1.807) is 0 Å². The van der Waals surface area contributed by atoms with Crippen molar-refractivity contribution < 1.29 is 0 Å². The monoisotopic (exact) mass is 350 g/mol. The molecule has 0 unspecified atom stereocenters. The summed E-state index contributed by atoms with van der Waals surface area (Å²) in [6.07, 6.45) is 6.49. The fourth-order valence-electron chi connectivity index (χ4n) is 5.51. The molecule has 1 aromatic heterocycles. The van der Waals surface area contributed by atoms with E-state index in [-0.39, 0.29) is 5.41 Å². The zero-order valence-corrected chi connectivity index (χ0v) is 15.1. The van der Waals surface area contributed by atoms with Crippen LogP contribution in [-0.4, -0.2) is 34.0 Å². The summed E-state index contributed by atoms with van der Waals surface area (Å²) in [6.45, 7) is 4.29. The number of hydrogen-bond donors (Lipinski definition) is 2. The Morgan fingerprint density at radius 3 is 3.04 bits per heavy atom. The lowest BCUT2D eigenvalue weighted by molar-refractivity contribution is 0.171. The predicted octanol–water partition coefficient (Wildman–Crippen LogP) is 3.53. The highest BCUT2D eigenvalue weighted by Gasteiger charge is 2.58. The molecule has 0 radical (unpaired) electrons. The largest absolute Gasteiger partial charge is 0.398 e. The number of hydrogen-bond acceptors (Lipinski definition) is 4. The lowest BCUT2D eigenvalue weighted by Crippen LogP contribution is -2.52. The van der Waals surface area contributed by atoms with Crippen molar-refractivity contribution in [2.45, 2.75) is 37.1 Å². The second-order valence-electron chi connectivity index (χ2n) is 7.47. The molecule has 1 aliphatic carbocycles. The van der Waals surface area contributed by atoms with Crippen molar-refractivity contribution in [1.82, 2.24) is 14.9 Å².